The molecule has 134 valence electrons. The van der Waals surface area contributed by atoms with Gasteiger partial charge in [0.2, 0.25) is 0 Å². The van der Waals surface area contributed by atoms with Gasteiger partial charge in [0.05, 0.1) is 6.04 Å². The van der Waals surface area contributed by atoms with Gasteiger partial charge in [0, 0.05) is 13.0 Å². The van der Waals surface area contributed by atoms with Crippen LogP contribution in [0.15, 0.2) is 42.5 Å². The van der Waals surface area contributed by atoms with Crippen LogP contribution in [0.4, 0.5) is 0 Å². The van der Waals surface area contributed by atoms with Crippen molar-refractivity contribution in [1.82, 2.24) is 4.90 Å². The molecule has 0 radical (unpaired) electrons. The molecule has 0 aromatic heterocycles. The van der Waals surface area contributed by atoms with E-state index in [1.54, 1.807) is 0 Å². The lowest BCUT2D eigenvalue weighted by molar-refractivity contribution is -0.138. The van der Waals surface area contributed by atoms with Gasteiger partial charge in [0.25, 0.3) is 5.91 Å². The highest BCUT2D eigenvalue weighted by Crippen LogP contribution is 2.39. The fourth-order valence-electron chi connectivity index (χ4n) is 4.15. The third-order valence-corrected chi connectivity index (χ3v) is 5.41. The number of hydrogen-bond donors (Lipinski definition) is 0. The van der Waals surface area contributed by atoms with Crippen LogP contribution in [-0.2, 0) is 11.2 Å². The molecule has 5 nitrogen and oxygen atoms in total. The van der Waals surface area contributed by atoms with Gasteiger partial charge in [-0.15, -0.1) is 0 Å². The van der Waals surface area contributed by atoms with Crippen LogP contribution in [0.1, 0.15) is 30.0 Å². The van der Waals surface area contributed by atoms with Crippen molar-refractivity contribution in [1.29, 1.82) is 0 Å². The quantitative estimate of drug-likeness (QED) is 0.834. The molecule has 3 aliphatic rings. The number of likely N-dealkylation sites (tertiary alicyclic amines) is 1. The van der Waals surface area contributed by atoms with Gasteiger partial charge < -0.3 is 19.1 Å². The fourth-order valence-corrected chi connectivity index (χ4v) is 4.15. The van der Waals surface area contributed by atoms with Gasteiger partial charge in [-0.2, -0.15) is 0 Å². The Hall–Kier alpha value is -2.69. The van der Waals surface area contributed by atoms with Crippen molar-refractivity contribution < 1.29 is 19.0 Å². The molecule has 0 N–H and O–H groups in total. The van der Waals surface area contributed by atoms with E-state index in [9.17, 15) is 4.79 Å². The summed E-state index contributed by atoms with van der Waals surface area (Å²) in [5.41, 5.74) is 2.22. The Kier molecular flexibility index (Phi) is 3.73. The molecular weight excluding hydrogens is 330 g/mol. The molecule has 0 saturated carbocycles. The summed E-state index contributed by atoms with van der Waals surface area (Å²) in [5.74, 6) is 2.47. The van der Waals surface area contributed by atoms with E-state index in [0.717, 1.165) is 47.8 Å². The zero-order chi connectivity index (χ0) is 17.5. The molecule has 5 rings (SSSR count). The number of rotatable bonds is 2. The van der Waals surface area contributed by atoms with Crippen molar-refractivity contribution in [3.8, 4) is 17.2 Å². The van der Waals surface area contributed by atoms with Crippen LogP contribution in [0.5, 0.6) is 17.2 Å². The van der Waals surface area contributed by atoms with E-state index in [4.69, 9.17) is 14.2 Å². The minimum Gasteiger partial charge on any atom is -0.486 e. The van der Waals surface area contributed by atoms with E-state index >= 15 is 0 Å². The van der Waals surface area contributed by atoms with E-state index < -0.39 is 6.10 Å². The maximum atomic E-state index is 13.1. The highest BCUT2D eigenvalue weighted by molar-refractivity contribution is 5.83. The Morgan fingerprint density at radius 3 is 2.73 bits per heavy atom. The predicted octanol–water partition coefficient (Wildman–Crippen LogP) is 3.13. The van der Waals surface area contributed by atoms with E-state index in [-0.39, 0.29) is 11.9 Å². The molecule has 2 unspecified atom stereocenters. The molecule has 26 heavy (non-hydrogen) atoms. The molecule has 2 aromatic rings. The number of para-hydroxylation sites is 1. The van der Waals surface area contributed by atoms with Gasteiger partial charge in [-0.25, -0.2) is 0 Å². The maximum Gasteiger partial charge on any atom is 0.264 e. The van der Waals surface area contributed by atoms with E-state index in [1.807, 2.05) is 47.4 Å². The van der Waals surface area contributed by atoms with Crippen LogP contribution in [0.2, 0.25) is 0 Å². The molecule has 3 heterocycles. The largest absolute Gasteiger partial charge is 0.486 e. The molecule has 1 saturated heterocycles. The molecule has 1 amide bonds. The van der Waals surface area contributed by atoms with Crippen molar-refractivity contribution in [3.05, 3.63) is 53.6 Å². The van der Waals surface area contributed by atoms with Gasteiger partial charge in [-0.1, -0.05) is 24.3 Å². The minimum atomic E-state index is -0.412. The van der Waals surface area contributed by atoms with Crippen molar-refractivity contribution in [2.24, 2.45) is 0 Å². The second kappa shape index (κ2) is 6.24. The van der Waals surface area contributed by atoms with E-state index in [1.165, 1.54) is 0 Å². The highest BCUT2D eigenvalue weighted by atomic mass is 16.6. The van der Waals surface area contributed by atoms with Crippen LogP contribution < -0.4 is 14.2 Å². The Morgan fingerprint density at radius 2 is 1.85 bits per heavy atom. The number of ether oxygens (including phenoxy) is 3. The van der Waals surface area contributed by atoms with E-state index in [2.05, 4.69) is 0 Å². The lowest BCUT2D eigenvalue weighted by Gasteiger charge is -2.28. The summed E-state index contributed by atoms with van der Waals surface area (Å²) in [6.07, 6.45) is 2.21. The van der Waals surface area contributed by atoms with E-state index in [0.29, 0.717) is 19.6 Å². The summed E-state index contributed by atoms with van der Waals surface area (Å²) < 4.78 is 17.2. The Labute approximate surface area is 152 Å². The molecule has 2 atom stereocenters. The van der Waals surface area contributed by atoms with Crippen LogP contribution in [-0.4, -0.2) is 36.7 Å². The third kappa shape index (κ3) is 2.59. The monoisotopic (exact) mass is 351 g/mol. The third-order valence-electron chi connectivity index (χ3n) is 5.41. The first-order valence-corrected chi connectivity index (χ1v) is 9.24. The second-order valence-corrected chi connectivity index (χ2v) is 7.01. The smallest absolute Gasteiger partial charge is 0.264 e. The molecule has 1 fully saturated rings. The van der Waals surface area contributed by atoms with Crippen LogP contribution >= 0.6 is 0 Å². The van der Waals surface area contributed by atoms with Gasteiger partial charge >= 0.3 is 0 Å². The fraction of sp³-hybridized carbons (Fsp3) is 0.381. The standard InChI is InChI=1S/C21H21NO4/c23-21(20-13-15-4-1-2-6-17(15)26-20)22-9-3-5-16(22)14-7-8-18-19(12-14)25-11-10-24-18/h1-2,4,6-8,12,16,20H,3,5,9-11,13H2. The average Bonchev–Trinajstić information content (AvgIpc) is 3.34. The number of benzene rings is 2. The first kappa shape index (κ1) is 15.6. The Morgan fingerprint density at radius 1 is 1.00 bits per heavy atom. The van der Waals surface area contributed by atoms with Crippen molar-refractivity contribution in [3.63, 3.8) is 0 Å². The zero-order valence-electron chi connectivity index (χ0n) is 14.5. The molecular formula is C21H21NO4. The summed E-state index contributed by atoms with van der Waals surface area (Å²) >= 11 is 0. The molecule has 5 heteroatoms. The first-order chi connectivity index (χ1) is 12.8. The van der Waals surface area contributed by atoms with Crippen molar-refractivity contribution in [2.45, 2.75) is 31.4 Å². The number of carbonyl (C=O) groups is 1. The lowest BCUT2D eigenvalue weighted by Crippen LogP contribution is -2.41. The lowest BCUT2D eigenvalue weighted by atomic mass is 10.0. The SMILES string of the molecule is O=C(C1Cc2ccccc2O1)N1CCCC1c1ccc2c(c1)OCCO2. The number of amides is 1. The zero-order valence-corrected chi connectivity index (χ0v) is 14.5. The Bertz CT molecular complexity index is 825. The van der Waals surface area contributed by atoms with Crippen LogP contribution in [0.25, 0.3) is 0 Å². The minimum absolute atomic E-state index is 0.0747. The van der Waals surface area contributed by atoms with Crippen molar-refractivity contribution >= 4 is 5.91 Å². The van der Waals surface area contributed by atoms with Gasteiger partial charge in [-0.3, -0.25) is 4.79 Å². The number of fused-ring (bicyclic) bond motifs is 2. The van der Waals surface area contributed by atoms with Crippen LogP contribution in [0, 0.1) is 0 Å². The number of hydrogen-bond acceptors (Lipinski definition) is 4. The molecule has 0 bridgehead atoms. The maximum absolute atomic E-state index is 13.1. The summed E-state index contributed by atoms with van der Waals surface area (Å²) in [6.45, 7) is 1.92. The highest BCUT2D eigenvalue weighted by Gasteiger charge is 2.38. The van der Waals surface area contributed by atoms with Crippen molar-refractivity contribution in [2.75, 3.05) is 19.8 Å². The van der Waals surface area contributed by atoms with Gasteiger partial charge in [-0.05, 0) is 42.2 Å². The topological polar surface area (TPSA) is 48.0 Å². The average molecular weight is 351 g/mol. The van der Waals surface area contributed by atoms with Gasteiger partial charge in [0.1, 0.15) is 19.0 Å². The molecule has 2 aromatic carbocycles. The summed E-state index contributed by atoms with van der Waals surface area (Å²) in [4.78, 5) is 15.1. The Balaban J connectivity index is 1.37. The molecule has 3 aliphatic heterocycles. The number of carbonyl (C=O) groups excluding carboxylic acids is 1. The first-order valence-electron chi connectivity index (χ1n) is 9.24. The second-order valence-electron chi connectivity index (χ2n) is 7.01. The summed E-state index contributed by atoms with van der Waals surface area (Å²) in [7, 11) is 0. The summed E-state index contributed by atoms with van der Waals surface area (Å²) in [6, 6.07) is 14.0. The molecule has 0 aliphatic carbocycles. The van der Waals surface area contributed by atoms with Gasteiger partial charge in [0.15, 0.2) is 17.6 Å². The predicted molar refractivity (Wildman–Crippen MR) is 95.7 cm³/mol. The summed E-state index contributed by atoms with van der Waals surface area (Å²) in [5, 5.41) is 0. The van der Waals surface area contributed by atoms with Crippen LogP contribution in [0.3, 0.4) is 0 Å². The normalized spacial score (nSPS) is 23.5. The molecule has 0 spiro atoms. The number of nitrogens with zero attached hydrogens (tertiary/aromatic N) is 1.